The smallest absolute Gasteiger partial charge is 0.266 e. The average molecular weight is 451 g/mol. The first kappa shape index (κ1) is 20.6. The number of aromatic nitrogens is 6. The summed E-state index contributed by atoms with van der Waals surface area (Å²) in [4.78, 5) is 33.3. The molecular formula is C22H16F3N7O. The molecule has 11 heteroatoms. The minimum absolute atomic E-state index is 0.0207. The topological polar surface area (TPSA) is 101 Å². The fourth-order valence-electron chi connectivity index (χ4n) is 3.76. The van der Waals surface area contributed by atoms with Crippen LogP contribution in [0.15, 0.2) is 47.8 Å². The van der Waals surface area contributed by atoms with Gasteiger partial charge in [-0.15, -0.1) is 0 Å². The van der Waals surface area contributed by atoms with Crippen LogP contribution < -0.4 is 10.9 Å². The van der Waals surface area contributed by atoms with E-state index in [1.807, 2.05) is 0 Å². The number of rotatable bonds is 4. The maximum absolute atomic E-state index is 14.8. The molecule has 0 unspecified atom stereocenters. The fourth-order valence-corrected chi connectivity index (χ4v) is 3.76. The Balaban J connectivity index is 1.77. The van der Waals surface area contributed by atoms with Gasteiger partial charge >= 0.3 is 0 Å². The van der Waals surface area contributed by atoms with Crippen LogP contribution in [0.2, 0.25) is 0 Å². The number of nitrogens with zero attached hydrogens (tertiary/aromatic N) is 5. The second-order valence-corrected chi connectivity index (χ2v) is 7.44. The minimum atomic E-state index is -1.22. The fraction of sp³-hybridized carbons (Fsp3) is 0.136. The Kier molecular flexibility index (Phi) is 4.81. The highest BCUT2D eigenvalue weighted by atomic mass is 19.2. The van der Waals surface area contributed by atoms with E-state index in [0.717, 1.165) is 10.6 Å². The molecule has 3 heterocycles. The van der Waals surface area contributed by atoms with Gasteiger partial charge in [-0.2, -0.15) is 0 Å². The molecule has 1 atom stereocenters. The van der Waals surface area contributed by atoms with Gasteiger partial charge in [0, 0.05) is 0 Å². The lowest BCUT2D eigenvalue weighted by molar-refractivity contribution is 0.501. The van der Waals surface area contributed by atoms with E-state index < -0.39 is 29.1 Å². The summed E-state index contributed by atoms with van der Waals surface area (Å²) in [7, 11) is 0. The van der Waals surface area contributed by atoms with Gasteiger partial charge in [-0.3, -0.25) is 9.36 Å². The SMILES string of the molecule is Cc1c(F)ccc2nc([C@H](C)Nc3ncnc4nc[nH]c34)n(-c3cccc(F)c3F)c(=O)c12. The Labute approximate surface area is 184 Å². The molecule has 5 aromatic rings. The van der Waals surface area contributed by atoms with Crippen LogP contribution in [0.1, 0.15) is 24.4 Å². The van der Waals surface area contributed by atoms with E-state index in [1.165, 1.54) is 43.8 Å². The monoisotopic (exact) mass is 451 g/mol. The molecule has 0 spiro atoms. The first-order chi connectivity index (χ1) is 15.9. The molecule has 33 heavy (non-hydrogen) atoms. The highest BCUT2D eigenvalue weighted by Crippen LogP contribution is 2.26. The van der Waals surface area contributed by atoms with Gasteiger partial charge in [0.05, 0.1) is 29.0 Å². The van der Waals surface area contributed by atoms with Gasteiger partial charge in [-0.1, -0.05) is 6.07 Å². The van der Waals surface area contributed by atoms with Gasteiger partial charge in [-0.05, 0) is 43.7 Å². The van der Waals surface area contributed by atoms with Gasteiger partial charge < -0.3 is 10.3 Å². The van der Waals surface area contributed by atoms with E-state index >= 15 is 0 Å². The summed E-state index contributed by atoms with van der Waals surface area (Å²) in [6, 6.07) is 5.35. The standard InChI is InChI=1S/C22H16F3N7O/c1-10-12(23)6-7-14-16(10)22(33)32(15-5-3-4-13(24)17(15)25)21(31-14)11(2)30-20-18-19(27-8-26-18)28-9-29-20/h3-9,11H,1-2H3,(H2,26,27,28,29,30)/t11-/m0/s1. The van der Waals surface area contributed by atoms with Crippen molar-refractivity contribution in [1.82, 2.24) is 29.5 Å². The lowest BCUT2D eigenvalue weighted by atomic mass is 10.1. The summed E-state index contributed by atoms with van der Waals surface area (Å²) in [6.07, 6.45) is 2.77. The number of hydrogen-bond acceptors (Lipinski definition) is 6. The van der Waals surface area contributed by atoms with Gasteiger partial charge in [0.15, 0.2) is 23.1 Å². The predicted octanol–water partition coefficient (Wildman–Crippen LogP) is 3.95. The number of H-pyrrole nitrogens is 1. The summed E-state index contributed by atoms with van der Waals surface area (Å²) < 4.78 is 44.0. The summed E-state index contributed by atoms with van der Waals surface area (Å²) in [5.74, 6) is -2.50. The van der Waals surface area contributed by atoms with Crippen molar-refractivity contribution in [2.45, 2.75) is 19.9 Å². The zero-order valence-corrected chi connectivity index (χ0v) is 17.4. The van der Waals surface area contributed by atoms with Crippen LogP contribution >= 0.6 is 0 Å². The third-order valence-corrected chi connectivity index (χ3v) is 5.39. The van der Waals surface area contributed by atoms with Crippen LogP contribution in [0, 0.1) is 24.4 Å². The Bertz CT molecular complexity index is 1600. The first-order valence-electron chi connectivity index (χ1n) is 9.93. The van der Waals surface area contributed by atoms with Gasteiger partial charge in [0.1, 0.15) is 23.5 Å². The van der Waals surface area contributed by atoms with E-state index in [2.05, 4.69) is 30.2 Å². The van der Waals surface area contributed by atoms with Crippen molar-refractivity contribution in [3.8, 4) is 5.69 Å². The second-order valence-electron chi connectivity index (χ2n) is 7.44. The maximum atomic E-state index is 14.8. The Hall–Kier alpha value is -4.28. The number of aromatic amines is 1. The van der Waals surface area contributed by atoms with Crippen LogP contribution in [0.4, 0.5) is 19.0 Å². The summed E-state index contributed by atoms with van der Waals surface area (Å²) in [5.41, 5.74) is 0.179. The predicted molar refractivity (Wildman–Crippen MR) is 116 cm³/mol. The van der Waals surface area contributed by atoms with E-state index in [9.17, 15) is 18.0 Å². The summed E-state index contributed by atoms with van der Waals surface area (Å²) in [5, 5.41) is 3.09. The molecule has 0 aliphatic rings. The number of imidazole rings is 1. The summed E-state index contributed by atoms with van der Waals surface area (Å²) in [6.45, 7) is 3.12. The molecule has 5 rings (SSSR count). The zero-order chi connectivity index (χ0) is 23.3. The molecule has 0 radical (unpaired) electrons. The quantitative estimate of drug-likeness (QED) is 0.429. The van der Waals surface area contributed by atoms with E-state index in [4.69, 9.17) is 0 Å². The van der Waals surface area contributed by atoms with Crippen LogP contribution in [0.5, 0.6) is 0 Å². The van der Waals surface area contributed by atoms with Crippen LogP contribution in [-0.4, -0.2) is 29.5 Å². The number of halogens is 3. The molecule has 0 aliphatic heterocycles. The van der Waals surface area contributed by atoms with Crippen molar-refractivity contribution in [3.05, 3.63) is 82.2 Å². The maximum Gasteiger partial charge on any atom is 0.266 e. The number of hydrogen-bond donors (Lipinski definition) is 2. The minimum Gasteiger partial charge on any atom is -0.358 e. The molecule has 0 aliphatic carbocycles. The molecule has 2 N–H and O–H groups in total. The van der Waals surface area contributed by atoms with Gasteiger partial charge in [-0.25, -0.2) is 33.1 Å². The molecule has 8 nitrogen and oxygen atoms in total. The van der Waals surface area contributed by atoms with Crippen molar-refractivity contribution in [1.29, 1.82) is 0 Å². The second kappa shape index (κ2) is 7.69. The van der Waals surface area contributed by atoms with E-state index in [-0.39, 0.29) is 28.0 Å². The Morgan fingerprint density at radius 2 is 1.88 bits per heavy atom. The molecular weight excluding hydrogens is 435 g/mol. The molecule has 0 amide bonds. The van der Waals surface area contributed by atoms with Crippen molar-refractivity contribution in [2.75, 3.05) is 5.32 Å². The molecule has 0 saturated carbocycles. The highest BCUT2D eigenvalue weighted by Gasteiger charge is 2.23. The molecule has 0 bridgehead atoms. The number of fused-ring (bicyclic) bond motifs is 2. The Morgan fingerprint density at radius 3 is 2.70 bits per heavy atom. The van der Waals surface area contributed by atoms with E-state index in [0.29, 0.717) is 17.0 Å². The third kappa shape index (κ3) is 3.28. The van der Waals surface area contributed by atoms with Crippen molar-refractivity contribution < 1.29 is 13.2 Å². The highest BCUT2D eigenvalue weighted by molar-refractivity contribution is 5.83. The van der Waals surface area contributed by atoms with Crippen molar-refractivity contribution >= 4 is 27.9 Å². The van der Waals surface area contributed by atoms with Crippen LogP contribution in [0.3, 0.4) is 0 Å². The van der Waals surface area contributed by atoms with Crippen LogP contribution in [-0.2, 0) is 0 Å². The number of nitrogens with one attached hydrogen (secondary N) is 2. The van der Waals surface area contributed by atoms with Gasteiger partial charge in [0.2, 0.25) is 0 Å². The largest absolute Gasteiger partial charge is 0.358 e. The lowest BCUT2D eigenvalue weighted by Gasteiger charge is -2.21. The number of benzene rings is 2. The van der Waals surface area contributed by atoms with Gasteiger partial charge in [0.25, 0.3) is 5.56 Å². The molecule has 0 saturated heterocycles. The number of anilines is 1. The zero-order valence-electron chi connectivity index (χ0n) is 17.4. The molecule has 166 valence electrons. The first-order valence-corrected chi connectivity index (χ1v) is 9.93. The molecule has 0 fully saturated rings. The van der Waals surface area contributed by atoms with Crippen molar-refractivity contribution in [2.24, 2.45) is 0 Å². The summed E-state index contributed by atoms with van der Waals surface area (Å²) >= 11 is 0. The molecule has 3 aromatic heterocycles. The van der Waals surface area contributed by atoms with Crippen molar-refractivity contribution in [3.63, 3.8) is 0 Å². The number of aryl methyl sites for hydroxylation is 1. The molecule has 2 aromatic carbocycles. The third-order valence-electron chi connectivity index (χ3n) is 5.39. The normalized spacial score (nSPS) is 12.4. The lowest BCUT2D eigenvalue weighted by Crippen LogP contribution is -2.29. The average Bonchev–Trinajstić information content (AvgIpc) is 3.28. The van der Waals surface area contributed by atoms with E-state index in [1.54, 1.807) is 6.92 Å². The Morgan fingerprint density at radius 1 is 1.06 bits per heavy atom. The van der Waals surface area contributed by atoms with Crippen LogP contribution in [0.25, 0.3) is 27.8 Å².